The van der Waals surface area contributed by atoms with Gasteiger partial charge >= 0.3 is 0 Å². The zero-order valence-corrected chi connectivity index (χ0v) is 16.3. The van der Waals surface area contributed by atoms with Crippen LogP contribution in [0, 0.1) is 5.82 Å². The van der Waals surface area contributed by atoms with Gasteiger partial charge in [-0.1, -0.05) is 32.9 Å². The molecule has 6 heteroatoms. The molecule has 0 atom stereocenters. The second kappa shape index (κ2) is 8.10. The molecule has 3 aromatic rings. The van der Waals surface area contributed by atoms with Gasteiger partial charge in [0.15, 0.2) is 0 Å². The number of aromatic nitrogens is 2. The predicted octanol–water partition coefficient (Wildman–Crippen LogP) is 4.17. The highest BCUT2D eigenvalue weighted by Gasteiger charge is 2.16. The van der Waals surface area contributed by atoms with E-state index >= 15 is 0 Å². The van der Waals surface area contributed by atoms with Gasteiger partial charge in [-0.05, 0) is 30.8 Å². The number of aryl methyl sites for hydroxylation is 1. The topological polar surface area (TPSA) is 38.1 Å². The van der Waals surface area contributed by atoms with Crippen molar-refractivity contribution in [1.82, 2.24) is 14.5 Å². The Morgan fingerprint density at radius 1 is 1.15 bits per heavy atom. The Kier molecular flexibility index (Phi) is 5.84. The Labute approximate surface area is 156 Å². The summed E-state index contributed by atoms with van der Waals surface area (Å²) >= 11 is 1.47. The van der Waals surface area contributed by atoms with E-state index in [0.29, 0.717) is 18.4 Å². The number of hydrogen-bond donors (Lipinski definition) is 0. The second-order valence-electron chi connectivity index (χ2n) is 6.20. The van der Waals surface area contributed by atoms with Crippen LogP contribution in [0.1, 0.15) is 26.6 Å². The van der Waals surface area contributed by atoms with Crippen LogP contribution in [-0.2, 0) is 13.0 Å². The van der Waals surface area contributed by atoms with Crippen LogP contribution in [0.15, 0.2) is 34.4 Å². The minimum atomic E-state index is -0.281. The fourth-order valence-corrected chi connectivity index (χ4v) is 4.15. The molecule has 0 bridgehead atoms. The van der Waals surface area contributed by atoms with Gasteiger partial charge in [0.2, 0.25) is 0 Å². The summed E-state index contributed by atoms with van der Waals surface area (Å²) in [4.78, 5) is 21.0. The molecule has 3 rings (SSSR count). The lowest BCUT2D eigenvalue weighted by Gasteiger charge is -2.19. The summed E-state index contributed by atoms with van der Waals surface area (Å²) in [6.45, 7) is 9.65. The number of fused-ring (bicyclic) bond motifs is 1. The van der Waals surface area contributed by atoms with Gasteiger partial charge in [-0.2, -0.15) is 0 Å². The zero-order chi connectivity index (χ0) is 18.7. The molecule has 4 nitrogen and oxygen atoms in total. The van der Waals surface area contributed by atoms with Crippen molar-refractivity contribution in [3.63, 3.8) is 0 Å². The first-order valence-corrected chi connectivity index (χ1v) is 9.96. The Morgan fingerprint density at radius 2 is 1.85 bits per heavy atom. The van der Waals surface area contributed by atoms with Crippen molar-refractivity contribution in [1.29, 1.82) is 0 Å². The molecule has 0 amide bonds. The summed E-state index contributed by atoms with van der Waals surface area (Å²) in [6, 6.07) is 6.27. The second-order valence-corrected chi connectivity index (χ2v) is 7.06. The normalized spacial score (nSPS) is 11.6. The number of benzene rings is 1. The van der Waals surface area contributed by atoms with Gasteiger partial charge in [-0.3, -0.25) is 9.36 Å². The Hall–Kier alpha value is -2.05. The van der Waals surface area contributed by atoms with Crippen LogP contribution in [0.5, 0.6) is 0 Å². The predicted molar refractivity (Wildman–Crippen MR) is 106 cm³/mol. The number of halogens is 1. The first-order valence-electron chi connectivity index (χ1n) is 9.08. The molecular weight excluding hydrogens is 349 g/mol. The van der Waals surface area contributed by atoms with Crippen molar-refractivity contribution in [3.05, 3.63) is 51.6 Å². The van der Waals surface area contributed by atoms with Gasteiger partial charge in [-0.15, -0.1) is 11.3 Å². The van der Waals surface area contributed by atoms with Gasteiger partial charge in [0, 0.05) is 30.5 Å². The fraction of sp³-hybridized carbons (Fsp3) is 0.400. The molecule has 2 aromatic heterocycles. The van der Waals surface area contributed by atoms with Crippen molar-refractivity contribution >= 4 is 21.6 Å². The Balaban J connectivity index is 2.09. The van der Waals surface area contributed by atoms with E-state index in [1.165, 1.54) is 23.5 Å². The van der Waals surface area contributed by atoms with Crippen molar-refractivity contribution in [2.75, 3.05) is 19.6 Å². The van der Waals surface area contributed by atoms with E-state index in [1.807, 2.05) is 12.3 Å². The molecular formula is C20H24FN3OS. The standard InChI is InChI=1S/C20H24FN3OS/c1-4-17-22-19-18(20(25)24(17)12-11-23(5-2)6-3)16(13-26-19)14-7-9-15(21)10-8-14/h7-10,13H,4-6,11-12H2,1-3H3. The van der Waals surface area contributed by atoms with E-state index in [0.717, 1.165) is 41.4 Å². The molecule has 0 N–H and O–H groups in total. The quantitative estimate of drug-likeness (QED) is 0.624. The van der Waals surface area contributed by atoms with Crippen LogP contribution >= 0.6 is 11.3 Å². The molecule has 138 valence electrons. The van der Waals surface area contributed by atoms with E-state index < -0.39 is 0 Å². The summed E-state index contributed by atoms with van der Waals surface area (Å²) < 4.78 is 15.1. The SMILES string of the molecule is CCc1nc2scc(-c3ccc(F)cc3)c2c(=O)n1CCN(CC)CC. The number of nitrogens with zero attached hydrogens (tertiary/aromatic N) is 3. The van der Waals surface area contributed by atoms with E-state index in [9.17, 15) is 9.18 Å². The summed E-state index contributed by atoms with van der Waals surface area (Å²) in [5.41, 5.74) is 1.68. The Morgan fingerprint density at radius 3 is 2.46 bits per heavy atom. The van der Waals surface area contributed by atoms with Crippen LogP contribution in [-0.4, -0.2) is 34.1 Å². The highest BCUT2D eigenvalue weighted by atomic mass is 32.1. The number of thiophene rings is 1. The van der Waals surface area contributed by atoms with Crippen LogP contribution in [0.3, 0.4) is 0 Å². The van der Waals surface area contributed by atoms with Crippen molar-refractivity contribution < 1.29 is 4.39 Å². The van der Waals surface area contributed by atoms with Crippen LogP contribution in [0.25, 0.3) is 21.3 Å². The van der Waals surface area contributed by atoms with Crippen LogP contribution in [0.4, 0.5) is 4.39 Å². The largest absolute Gasteiger partial charge is 0.302 e. The van der Waals surface area contributed by atoms with Gasteiger partial charge in [0.05, 0.1) is 5.39 Å². The summed E-state index contributed by atoms with van der Waals surface area (Å²) in [7, 11) is 0. The fourth-order valence-electron chi connectivity index (χ4n) is 3.19. The molecule has 0 saturated heterocycles. The highest BCUT2D eigenvalue weighted by Crippen LogP contribution is 2.31. The average molecular weight is 373 g/mol. The maximum Gasteiger partial charge on any atom is 0.262 e. The summed E-state index contributed by atoms with van der Waals surface area (Å²) in [6.07, 6.45) is 0.715. The van der Waals surface area contributed by atoms with Gasteiger partial charge < -0.3 is 4.90 Å². The van der Waals surface area contributed by atoms with Gasteiger partial charge in [0.25, 0.3) is 5.56 Å². The third-order valence-corrected chi connectivity index (χ3v) is 5.65. The van der Waals surface area contributed by atoms with Gasteiger partial charge in [-0.25, -0.2) is 9.37 Å². The average Bonchev–Trinajstić information content (AvgIpc) is 3.08. The van der Waals surface area contributed by atoms with E-state index in [1.54, 1.807) is 16.7 Å². The third-order valence-electron chi connectivity index (χ3n) is 4.78. The Bertz CT molecular complexity index is 942. The highest BCUT2D eigenvalue weighted by molar-refractivity contribution is 7.17. The zero-order valence-electron chi connectivity index (χ0n) is 15.5. The molecule has 0 saturated carbocycles. The number of hydrogen-bond acceptors (Lipinski definition) is 4. The lowest BCUT2D eigenvalue weighted by molar-refractivity contribution is 0.287. The number of likely N-dealkylation sites (N-methyl/N-ethyl adjacent to an activating group) is 1. The first-order chi connectivity index (χ1) is 12.6. The molecule has 0 aliphatic heterocycles. The van der Waals surface area contributed by atoms with E-state index in [2.05, 4.69) is 18.7 Å². The molecule has 0 aliphatic rings. The molecule has 0 fully saturated rings. The maximum absolute atomic E-state index is 13.3. The molecule has 0 unspecified atom stereocenters. The van der Waals surface area contributed by atoms with Crippen molar-refractivity contribution in [3.8, 4) is 11.1 Å². The minimum absolute atomic E-state index is 0.000388. The number of rotatable bonds is 7. The molecule has 0 radical (unpaired) electrons. The first kappa shape index (κ1) is 18.7. The van der Waals surface area contributed by atoms with Crippen LogP contribution < -0.4 is 5.56 Å². The van der Waals surface area contributed by atoms with Gasteiger partial charge in [0.1, 0.15) is 16.5 Å². The lowest BCUT2D eigenvalue weighted by Crippen LogP contribution is -2.33. The van der Waals surface area contributed by atoms with E-state index in [4.69, 9.17) is 4.98 Å². The van der Waals surface area contributed by atoms with E-state index in [-0.39, 0.29) is 11.4 Å². The minimum Gasteiger partial charge on any atom is -0.302 e. The van der Waals surface area contributed by atoms with Crippen LogP contribution in [0.2, 0.25) is 0 Å². The van der Waals surface area contributed by atoms with Crippen molar-refractivity contribution in [2.45, 2.75) is 33.7 Å². The smallest absolute Gasteiger partial charge is 0.262 e. The molecule has 0 aliphatic carbocycles. The molecule has 0 spiro atoms. The third kappa shape index (κ3) is 3.57. The monoisotopic (exact) mass is 373 g/mol. The lowest BCUT2D eigenvalue weighted by atomic mass is 10.1. The maximum atomic E-state index is 13.3. The summed E-state index contributed by atoms with van der Waals surface area (Å²) in [5, 5.41) is 2.58. The van der Waals surface area contributed by atoms with Crippen molar-refractivity contribution in [2.24, 2.45) is 0 Å². The molecule has 2 heterocycles. The molecule has 26 heavy (non-hydrogen) atoms. The molecule has 1 aromatic carbocycles. The summed E-state index contributed by atoms with van der Waals surface area (Å²) in [5.74, 6) is 0.540.